The second-order valence-electron chi connectivity index (χ2n) is 12.0. The molecule has 13 nitrogen and oxygen atoms in total. The number of aromatic nitrogens is 4. The summed E-state index contributed by atoms with van der Waals surface area (Å²) in [6.45, 7) is 0.901. The number of pyridine rings is 2. The minimum Gasteiger partial charge on any atom is -0.416 e. The summed E-state index contributed by atoms with van der Waals surface area (Å²) in [4.78, 5) is 63.6. The number of amides is 4. The second-order valence-corrected chi connectivity index (χ2v) is 12.8. The number of halogens is 2. The van der Waals surface area contributed by atoms with Crippen LogP contribution in [0.4, 0.5) is 11.4 Å². The molecule has 4 amide bonds. The number of hydrogen-bond acceptors (Lipinski definition) is 9. The summed E-state index contributed by atoms with van der Waals surface area (Å²) in [6.07, 6.45) is 2.48. The van der Waals surface area contributed by atoms with E-state index in [9.17, 15) is 19.2 Å². The number of anilines is 2. The van der Waals surface area contributed by atoms with Crippen LogP contribution in [0.15, 0.2) is 89.3 Å². The van der Waals surface area contributed by atoms with Gasteiger partial charge in [-0.25, -0.2) is 9.97 Å². The molecule has 7 rings (SSSR count). The first-order valence-corrected chi connectivity index (χ1v) is 17.0. The fourth-order valence-electron chi connectivity index (χ4n) is 6.21. The quantitative estimate of drug-likeness (QED) is 0.183. The van der Waals surface area contributed by atoms with Crippen molar-refractivity contribution in [1.29, 1.82) is 0 Å². The van der Waals surface area contributed by atoms with Crippen molar-refractivity contribution in [3.8, 4) is 22.9 Å². The van der Waals surface area contributed by atoms with E-state index in [4.69, 9.17) is 27.6 Å². The van der Waals surface area contributed by atoms with Crippen molar-refractivity contribution in [3.63, 3.8) is 0 Å². The van der Waals surface area contributed by atoms with Crippen LogP contribution in [-0.4, -0.2) is 78.8 Å². The second kappa shape index (κ2) is 14.7. The van der Waals surface area contributed by atoms with E-state index in [1.807, 2.05) is 0 Å². The Labute approximate surface area is 302 Å². The summed E-state index contributed by atoms with van der Waals surface area (Å²) in [5.74, 6) is -0.703. The minimum atomic E-state index is -0.630. The van der Waals surface area contributed by atoms with Gasteiger partial charge < -0.3 is 24.9 Å². The molecule has 5 aromatic rings. The lowest BCUT2D eigenvalue weighted by Gasteiger charge is -2.23. The highest BCUT2D eigenvalue weighted by Crippen LogP contribution is 2.28. The first-order chi connectivity index (χ1) is 24.7. The Morgan fingerprint density at radius 2 is 1.02 bits per heavy atom. The molecule has 2 aliphatic heterocycles. The van der Waals surface area contributed by atoms with E-state index in [1.165, 1.54) is 9.80 Å². The standard InChI is InChI=1S/C36H30Cl2N8O5/c37-29-9-1-5-25(41-29)35(49)45-19-3-7-27(45)31(47)39-23-15-11-21(12-16-23)33-43-44-34(51-33)22-13-17-24(18-14-22)40-32(48)28-8-4-20-46(28)36(50)26-6-2-10-30(38)42-26/h1-2,5-6,9-18,27-28H,3-4,7-8,19-20H2,(H,39,47)(H,40,48). The SMILES string of the molecule is O=C(Nc1ccc(-c2nnc(-c3ccc(NC(=O)C4CCCN4C(=O)c4cccc(Cl)n4)cc3)o2)cc1)C1CCCN1C(=O)c1cccc(Cl)n1. The van der Waals surface area contributed by atoms with Crippen LogP contribution in [0.25, 0.3) is 22.9 Å². The molecule has 2 aromatic carbocycles. The molecule has 0 spiro atoms. The maximum atomic E-state index is 13.2. The highest BCUT2D eigenvalue weighted by Gasteiger charge is 2.36. The van der Waals surface area contributed by atoms with E-state index < -0.39 is 12.1 Å². The topological polar surface area (TPSA) is 164 Å². The number of nitrogens with zero attached hydrogens (tertiary/aromatic N) is 6. The normalized spacial score (nSPS) is 17.0. The Hall–Kier alpha value is -5.66. The maximum absolute atomic E-state index is 13.2. The van der Waals surface area contributed by atoms with Crippen molar-refractivity contribution >= 4 is 58.2 Å². The number of nitrogens with one attached hydrogen (secondary N) is 2. The smallest absolute Gasteiger partial charge is 0.273 e. The van der Waals surface area contributed by atoms with E-state index in [1.54, 1.807) is 84.9 Å². The number of carbonyl (C=O) groups excluding carboxylic acids is 4. The highest BCUT2D eigenvalue weighted by molar-refractivity contribution is 6.29. The zero-order chi connectivity index (χ0) is 35.5. The summed E-state index contributed by atoms with van der Waals surface area (Å²) in [7, 11) is 0. The number of carbonyl (C=O) groups is 4. The first kappa shape index (κ1) is 33.8. The van der Waals surface area contributed by atoms with Crippen molar-refractivity contribution in [2.45, 2.75) is 37.8 Å². The molecule has 0 aliphatic carbocycles. The highest BCUT2D eigenvalue weighted by atomic mass is 35.5. The maximum Gasteiger partial charge on any atom is 0.273 e. The number of hydrogen-bond donors (Lipinski definition) is 2. The molecular weight excluding hydrogens is 695 g/mol. The summed E-state index contributed by atoms with van der Waals surface area (Å²) < 4.78 is 5.93. The molecule has 2 atom stereocenters. The fraction of sp³-hybridized carbons (Fsp3) is 0.222. The van der Waals surface area contributed by atoms with E-state index in [0.717, 1.165) is 0 Å². The zero-order valence-corrected chi connectivity index (χ0v) is 28.5. The van der Waals surface area contributed by atoms with Crippen molar-refractivity contribution in [1.82, 2.24) is 30.0 Å². The van der Waals surface area contributed by atoms with Crippen molar-refractivity contribution < 1.29 is 23.6 Å². The lowest BCUT2D eigenvalue weighted by atomic mass is 10.1. The third-order valence-electron chi connectivity index (χ3n) is 8.72. The number of benzene rings is 2. The molecular formula is C36H30Cl2N8O5. The zero-order valence-electron chi connectivity index (χ0n) is 27.0. The fourth-order valence-corrected chi connectivity index (χ4v) is 6.54. The molecule has 258 valence electrons. The van der Waals surface area contributed by atoms with E-state index in [2.05, 4.69) is 30.8 Å². The van der Waals surface area contributed by atoms with Gasteiger partial charge in [0.25, 0.3) is 11.8 Å². The van der Waals surface area contributed by atoms with Crippen LogP contribution in [0.1, 0.15) is 46.7 Å². The van der Waals surface area contributed by atoms with Crippen LogP contribution < -0.4 is 10.6 Å². The summed E-state index contributed by atoms with van der Waals surface area (Å²) in [5.41, 5.74) is 2.78. The molecule has 2 aliphatic rings. The molecule has 51 heavy (non-hydrogen) atoms. The van der Waals surface area contributed by atoms with E-state index in [0.29, 0.717) is 61.3 Å². The van der Waals surface area contributed by atoms with Gasteiger partial charge in [0.2, 0.25) is 23.6 Å². The van der Waals surface area contributed by atoms with Gasteiger partial charge in [0.1, 0.15) is 33.8 Å². The average Bonchev–Trinajstić information content (AvgIpc) is 3.94. The van der Waals surface area contributed by atoms with Crippen LogP contribution in [0, 0.1) is 0 Å². The number of likely N-dealkylation sites (tertiary alicyclic amines) is 2. The predicted octanol–water partition coefficient (Wildman–Crippen LogP) is 5.99. The number of rotatable bonds is 8. The van der Waals surface area contributed by atoms with Gasteiger partial charge in [0.15, 0.2) is 0 Å². The van der Waals surface area contributed by atoms with Crippen LogP contribution >= 0.6 is 23.2 Å². The van der Waals surface area contributed by atoms with Crippen molar-refractivity contribution in [3.05, 3.63) is 107 Å². The molecule has 2 unspecified atom stereocenters. The van der Waals surface area contributed by atoms with Crippen LogP contribution in [0.5, 0.6) is 0 Å². The molecule has 5 heterocycles. The minimum absolute atomic E-state index is 0.197. The molecule has 3 aromatic heterocycles. The first-order valence-electron chi connectivity index (χ1n) is 16.3. The van der Waals surface area contributed by atoms with Gasteiger partial charge in [-0.15, -0.1) is 10.2 Å². The lowest BCUT2D eigenvalue weighted by molar-refractivity contribution is -0.120. The Morgan fingerprint density at radius 1 is 0.608 bits per heavy atom. The van der Waals surface area contributed by atoms with Crippen LogP contribution in [0.2, 0.25) is 10.3 Å². The lowest BCUT2D eigenvalue weighted by Crippen LogP contribution is -2.43. The van der Waals surface area contributed by atoms with Crippen molar-refractivity contribution in [2.75, 3.05) is 23.7 Å². The molecule has 2 saturated heterocycles. The van der Waals surface area contributed by atoms with Gasteiger partial charge in [0.05, 0.1) is 0 Å². The average molecular weight is 726 g/mol. The Balaban J connectivity index is 0.951. The van der Waals surface area contributed by atoms with Gasteiger partial charge in [0, 0.05) is 35.6 Å². The van der Waals surface area contributed by atoms with E-state index >= 15 is 0 Å². The van der Waals surface area contributed by atoms with Gasteiger partial charge in [-0.05, 0) is 98.5 Å². The van der Waals surface area contributed by atoms with E-state index in [-0.39, 0.29) is 57.1 Å². The molecule has 2 N–H and O–H groups in total. The monoisotopic (exact) mass is 724 g/mol. The largest absolute Gasteiger partial charge is 0.416 e. The summed E-state index contributed by atoms with van der Waals surface area (Å²) in [5, 5.41) is 14.6. The van der Waals surface area contributed by atoms with Crippen LogP contribution in [-0.2, 0) is 9.59 Å². The third-order valence-corrected chi connectivity index (χ3v) is 9.15. The molecule has 0 saturated carbocycles. The van der Waals surface area contributed by atoms with Crippen molar-refractivity contribution in [2.24, 2.45) is 0 Å². The summed E-state index contributed by atoms with van der Waals surface area (Å²) >= 11 is 11.9. The Morgan fingerprint density at radius 3 is 1.41 bits per heavy atom. The van der Waals surface area contributed by atoms with Gasteiger partial charge in [-0.3, -0.25) is 19.2 Å². The predicted molar refractivity (Wildman–Crippen MR) is 189 cm³/mol. The van der Waals surface area contributed by atoms with Gasteiger partial charge in [-0.1, -0.05) is 35.3 Å². The molecule has 0 bridgehead atoms. The molecule has 0 radical (unpaired) electrons. The Kier molecular flexibility index (Phi) is 9.73. The molecule has 2 fully saturated rings. The van der Waals surface area contributed by atoms with Gasteiger partial charge in [-0.2, -0.15) is 0 Å². The third kappa shape index (κ3) is 7.44. The summed E-state index contributed by atoms with van der Waals surface area (Å²) in [6, 6.07) is 22.3. The van der Waals surface area contributed by atoms with Gasteiger partial charge >= 0.3 is 0 Å². The molecule has 15 heteroatoms. The van der Waals surface area contributed by atoms with Crippen LogP contribution in [0.3, 0.4) is 0 Å². The Bertz CT molecular complexity index is 1960.